The van der Waals surface area contributed by atoms with E-state index in [1.54, 1.807) is 0 Å². The molecular formula is C12H27NO5. The number of nitrogens with one attached hydrogen (secondary N) is 1. The van der Waals surface area contributed by atoms with E-state index in [0.717, 1.165) is 19.7 Å². The quantitative estimate of drug-likeness (QED) is 0.395. The van der Waals surface area contributed by atoms with Gasteiger partial charge in [0.15, 0.2) is 0 Å². The van der Waals surface area contributed by atoms with Gasteiger partial charge in [-0.3, -0.25) is 0 Å². The van der Waals surface area contributed by atoms with Crippen LogP contribution in [-0.2, 0) is 18.9 Å². The summed E-state index contributed by atoms with van der Waals surface area (Å²) >= 11 is 0. The maximum Gasteiger partial charge on any atom is 0.0701 e. The Morgan fingerprint density at radius 3 is 1.61 bits per heavy atom. The second-order valence-electron chi connectivity index (χ2n) is 3.53. The van der Waals surface area contributed by atoms with Crippen molar-refractivity contribution in [1.82, 2.24) is 5.32 Å². The lowest BCUT2D eigenvalue weighted by Crippen LogP contribution is -2.20. The number of hydrogen-bond acceptors (Lipinski definition) is 6. The minimum Gasteiger partial charge on any atom is -0.394 e. The highest BCUT2D eigenvalue weighted by molar-refractivity contribution is 4.40. The summed E-state index contributed by atoms with van der Waals surface area (Å²) in [6.45, 7) is 8.43. The summed E-state index contributed by atoms with van der Waals surface area (Å²) in [6, 6.07) is 0. The van der Waals surface area contributed by atoms with Gasteiger partial charge in [-0.05, 0) is 6.54 Å². The molecule has 0 saturated heterocycles. The number of ether oxygens (including phenoxy) is 4. The Kier molecular flexibility index (Phi) is 16.5. The van der Waals surface area contributed by atoms with Crippen molar-refractivity contribution in [2.45, 2.75) is 6.92 Å². The van der Waals surface area contributed by atoms with E-state index in [-0.39, 0.29) is 6.61 Å². The van der Waals surface area contributed by atoms with Gasteiger partial charge in [0.25, 0.3) is 0 Å². The second-order valence-corrected chi connectivity index (χ2v) is 3.53. The third kappa shape index (κ3) is 15.8. The van der Waals surface area contributed by atoms with Gasteiger partial charge in [-0.15, -0.1) is 0 Å². The van der Waals surface area contributed by atoms with Crippen LogP contribution in [0.3, 0.4) is 0 Å². The molecule has 0 atom stereocenters. The highest BCUT2D eigenvalue weighted by Gasteiger charge is 1.92. The second kappa shape index (κ2) is 16.8. The predicted octanol–water partition coefficient (Wildman–Crippen LogP) is -0.345. The van der Waals surface area contributed by atoms with Crippen LogP contribution in [0, 0.1) is 0 Å². The van der Waals surface area contributed by atoms with E-state index in [9.17, 15) is 0 Å². The highest BCUT2D eigenvalue weighted by atomic mass is 16.6. The molecule has 0 aromatic carbocycles. The van der Waals surface area contributed by atoms with E-state index < -0.39 is 0 Å². The molecule has 0 heterocycles. The summed E-state index contributed by atoms with van der Waals surface area (Å²) in [7, 11) is 0. The van der Waals surface area contributed by atoms with Crippen molar-refractivity contribution in [3.8, 4) is 0 Å². The van der Waals surface area contributed by atoms with Crippen molar-refractivity contribution in [2.75, 3.05) is 72.6 Å². The fourth-order valence-corrected chi connectivity index (χ4v) is 1.15. The zero-order chi connectivity index (χ0) is 13.3. The Hall–Kier alpha value is -0.240. The Labute approximate surface area is 110 Å². The molecule has 110 valence electrons. The summed E-state index contributed by atoms with van der Waals surface area (Å²) in [5, 5.41) is 11.6. The van der Waals surface area contributed by atoms with Gasteiger partial charge in [0.05, 0.1) is 59.5 Å². The molecule has 0 unspecified atom stereocenters. The van der Waals surface area contributed by atoms with Gasteiger partial charge in [0, 0.05) is 6.54 Å². The van der Waals surface area contributed by atoms with Crippen LogP contribution in [0.5, 0.6) is 0 Å². The fourth-order valence-electron chi connectivity index (χ4n) is 1.15. The smallest absolute Gasteiger partial charge is 0.0701 e. The number of likely N-dealkylation sites (N-methyl/N-ethyl adjacent to an activating group) is 1. The largest absolute Gasteiger partial charge is 0.394 e. The standard InChI is InChI=1S/C12H27NO5/c1-2-13-3-5-15-7-9-17-11-12-18-10-8-16-6-4-14/h13-14H,2-12H2,1H3. The van der Waals surface area contributed by atoms with Crippen LogP contribution in [0.1, 0.15) is 6.92 Å². The molecule has 6 nitrogen and oxygen atoms in total. The van der Waals surface area contributed by atoms with Gasteiger partial charge in [-0.2, -0.15) is 0 Å². The van der Waals surface area contributed by atoms with Gasteiger partial charge < -0.3 is 29.4 Å². The first-order valence-corrected chi connectivity index (χ1v) is 6.54. The molecular weight excluding hydrogens is 238 g/mol. The summed E-state index contributed by atoms with van der Waals surface area (Å²) < 4.78 is 20.9. The first-order valence-electron chi connectivity index (χ1n) is 6.54. The zero-order valence-corrected chi connectivity index (χ0v) is 11.4. The Morgan fingerprint density at radius 2 is 1.17 bits per heavy atom. The van der Waals surface area contributed by atoms with Crippen LogP contribution in [0.25, 0.3) is 0 Å². The summed E-state index contributed by atoms with van der Waals surface area (Å²) in [4.78, 5) is 0. The fraction of sp³-hybridized carbons (Fsp3) is 1.00. The summed E-state index contributed by atoms with van der Waals surface area (Å²) in [6.07, 6.45) is 0. The van der Waals surface area contributed by atoms with Crippen LogP contribution in [0.2, 0.25) is 0 Å². The molecule has 0 amide bonds. The maximum absolute atomic E-state index is 8.46. The van der Waals surface area contributed by atoms with Crippen molar-refractivity contribution in [1.29, 1.82) is 0 Å². The van der Waals surface area contributed by atoms with Gasteiger partial charge in [0.2, 0.25) is 0 Å². The van der Waals surface area contributed by atoms with E-state index in [1.165, 1.54) is 0 Å². The molecule has 0 radical (unpaired) electrons. The van der Waals surface area contributed by atoms with Gasteiger partial charge in [-0.25, -0.2) is 0 Å². The predicted molar refractivity (Wildman–Crippen MR) is 68.9 cm³/mol. The average molecular weight is 265 g/mol. The molecule has 0 saturated carbocycles. The number of hydrogen-bond donors (Lipinski definition) is 2. The minimum absolute atomic E-state index is 0.0525. The molecule has 0 bridgehead atoms. The highest BCUT2D eigenvalue weighted by Crippen LogP contribution is 1.82. The van der Waals surface area contributed by atoms with E-state index in [1.807, 2.05) is 0 Å². The first kappa shape index (κ1) is 17.8. The normalized spacial score (nSPS) is 11.0. The molecule has 0 aliphatic rings. The molecule has 0 rings (SSSR count). The Bertz CT molecular complexity index is 132. The summed E-state index contributed by atoms with van der Waals surface area (Å²) in [5.41, 5.74) is 0. The van der Waals surface area contributed by atoms with Crippen LogP contribution in [-0.4, -0.2) is 77.7 Å². The Morgan fingerprint density at radius 1 is 0.722 bits per heavy atom. The molecule has 2 N–H and O–H groups in total. The molecule has 0 aliphatic carbocycles. The SMILES string of the molecule is CCNCCOCCOCCOCCOCCO. The molecule has 6 heteroatoms. The molecule has 18 heavy (non-hydrogen) atoms. The van der Waals surface area contributed by atoms with E-state index in [0.29, 0.717) is 46.2 Å². The lowest BCUT2D eigenvalue weighted by molar-refractivity contribution is -0.00516. The molecule has 0 aliphatic heterocycles. The van der Waals surface area contributed by atoms with Gasteiger partial charge in [-0.1, -0.05) is 6.92 Å². The van der Waals surface area contributed by atoms with Crippen LogP contribution in [0.15, 0.2) is 0 Å². The maximum atomic E-state index is 8.46. The minimum atomic E-state index is 0.0525. The number of rotatable bonds is 15. The van der Waals surface area contributed by atoms with Crippen LogP contribution >= 0.6 is 0 Å². The first-order chi connectivity index (χ1) is 8.91. The van der Waals surface area contributed by atoms with E-state index in [2.05, 4.69) is 12.2 Å². The summed E-state index contributed by atoms with van der Waals surface area (Å²) in [5.74, 6) is 0. The lowest BCUT2D eigenvalue weighted by atomic mass is 10.6. The zero-order valence-electron chi connectivity index (χ0n) is 11.4. The van der Waals surface area contributed by atoms with Crippen molar-refractivity contribution in [3.63, 3.8) is 0 Å². The van der Waals surface area contributed by atoms with Crippen LogP contribution < -0.4 is 5.32 Å². The average Bonchev–Trinajstić information content (AvgIpc) is 2.39. The van der Waals surface area contributed by atoms with Crippen molar-refractivity contribution in [3.05, 3.63) is 0 Å². The van der Waals surface area contributed by atoms with Crippen molar-refractivity contribution < 1.29 is 24.1 Å². The number of aliphatic hydroxyl groups is 1. The topological polar surface area (TPSA) is 69.2 Å². The van der Waals surface area contributed by atoms with E-state index >= 15 is 0 Å². The molecule has 0 spiro atoms. The van der Waals surface area contributed by atoms with Gasteiger partial charge >= 0.3 is 0 Å². The van der Waals surface area contributed by atoms with Gasteiger partial charge in [0.1, 0.15) is 0 Å². The monoisotopic (exact) mass is 265 g/mol. The van der Waals surface area contributed by atoms with Crippen molar-refractivity contribution >= 4 is 0 Å². The molecule has 0 fully saturated rings. The third-order valence-corrected chi connectivity index (χ3v) is 2.02. The Balaban J connectivity index is 2.86. The van der Waals surface area contributed by atoms with Crippen molar-refractivity contribution in [2.24, 2.45) is 0 Å². The third-order valence-electron chi connectivity index (χ3n) is 2.02. The molecule has 0 aromatic heterocycles. The van der Waals surface area contributed by atoms with E-state index in [4.69, 9.17) is 24.1 Å². The number of aliphatic hydroxyl groups excluding tert-OH is 1. The molecule has 0 aromatic rings. The lowest BCUT2D eigenvalue weighted by Gasteiger charge is -2.07. The van der Waals surface area contributed by atoms with Crippen LogP contribution in [0.4, 0.5) is 0 Å².